The van der Waals surface area contributed by atoms with Crippen molar-refractivity contribution < 1.29 is 9.59 Å². The average Bonchev–Trinajstić information content (AvgIpc) is 2.49. The lowest BCUT2D eigenvalue weighted by Crippen LogP contribution is -2.48. The van der Waals surface area contributed by atoms with E-state index in [4.69, 9.17) is 5.73 Å². The van der Waals surface area contributed by atoms with E-state index < -0.39 is 0 Å². The molecule has 0 saturated carbocycles. The van der Waals surface area contributed by atoms with Crippen molar-refractivity contribution >= 4 is 11.9 Å². The van der Waals surface area contributed by atoms with Crippen LogP contribution >= 0.6 is 0 Å². The van der Waals surface area contributed by atoms with Crippen LogP contribution in [0, 0.1) is 5.92 Å². The van der Waals surface area contributed by atoms with Gasteiger partial charge in [0.2, 0.25) is 5.91 Å². The van der Waals surface area contributed by atoms with Gasteiger partial charge in [-0.2, -0.15) is 0 Å². The highest BCUT2D eigenvalue weighted by atomic mass is 16.2. The lowest BCUT2D eigenvalue weighted by Gasteiger charge is -2.34. The number of nitrogens with two attached hydrogens (primary N) is 1. The summed E-state index contributed by atoms with van der Waals surface area (Å²) < 4.78 is 0. The van der Waals surface area contributed by atoms with Crippen LogP contribution in [0.4, 0.5) is 4.79 Å². The molecule has 0 bridgehead atoms. The highest BCUT2D eigenvalue weighted by molar-refractivity contribution is 5.75. The van der Waals surface area contributed by atoms with Gasteiger partial charge in [0.25, 0.3) is 0 Å². The molecule has 22 heavy (non-hydrogen) atoms. The maximum Gasteiger partial charge on any atom is 0.317 e. The summed E-state index contributed by atoms with van der Waals surface area (Å²) in [5, 5.41) is 3.03. The molecule has 2 rings (SSSR count). The minimum Gasteiger partial charge on any atom is -0.370 e. The quantitative estimate of drug-likeness (QED) is 0.800. The summed E-state index contributed by atoms with van der Waals surface area (Å²) in [5.74, 6) is 0.106. The van der Waals surface area contributed by atoms with E-state index >= 15 is 0 Å². The van der Waals surface area contributed by atoms with E-state index in [-0.39, 0.29) is 11.9 Å². The molecule has 126 valence electrons. The fraction of sp³-hybridized carbons (Fsp3) is 0.875. The lowest BCUT2D eigenvalue weighted by atomic mass is 9.93. The zero-order valence-electron chi connectivity index (χ0n) is 13.7. The summed E-state index contributed by atoms with van der Waals surface area (Å²) >= 11 is 0. The molecule has 0 aliphatic carbocycles. The fourth-order valence-electron chi connectivity index (χ4n) is 3.53. The molecule has 2 aliphatic heterocycles. The van der Waals surface area contributed by atoms with Crippen molar-refractivity contribution in [2.45, 2.75) is 51.5 Å². The zero-order valence-corrected chi connectivity index (χ0v) is 13.7. The molecule has 3 N–H and O–H groups in total. The molecular weight excluding hydrogens is 280 g/mol. The number of rotatable bonds is 5. The van der Waals surface area contributed by atoms with Gasteiger partial charge in [-0.15, -0.1) is 0 Å². The number of carbonyl (C=O) groups is 2. The van der Waals surface area contributed by atoms with Crippen molar-refractivity contribution in [3.8, 4) is 0 Å². The van der Waals surface area contributed by atoms with Crippen molar-refractivity contribution in [1.82, 2.24) is 15.1 Å². The van der Waals surface area contributed by atoms with Crippen LogP contribution in [0.3, 0.4) is 0 Å². The Morgan fingerprint density at radius 1 is 1.14 bits per heavy atom. The van der Waals surface area contributed by atoms with Crippen LogP contribution in [0.5, 0.6) is 0 Å². The maximum absolute atomic E-state index is 12.2. The molecule has 0 radical (unpaired) electrons. The number of likely N-dealkylation sites (tertiary alicyclic amines) is 2. The predicted octanol–water partition coefficient (Wildman–Crippen LogP) is 1.16. The third kappa shape index (κ3) is 5.16. The number of urea groups is 1. The first-order valence-corrected chi connectivity index (χ1v) is 8.61. The molecule has 0 aromatic rings. The Kier molecular flexibility index (Phi) is 6.49. The summed E-state index contributed by atoms with van der Waals surface area (Å²) in [6.07, 6.45) is 6.05. The van der Waals surface area contributed by atoms with Gasteiger partial charge in [-0.1, -0.05) is 6.42 Å². The molecule has 6 nitrogen and oxygen atoms in total. The monoisotopic (exact) mass is 310 g/mol. The number of piperidine rings is 2. The summed E-state index contributed by atoms with van der Waals surface area (Å²) in [4.78, 5) is 27.4. The van der Waals surface area contributed by atoms with Crippen molar-refractivity contribution in [1.29, 1.82) is 0 Å². The zero-order chi connectivity index (χ0) is 15.9. The van der Waals surface area contributed by atoms with Gasteiger partial charge in [-0.25, -0.2) is 4.79 Å². The molecule has 0 aromatic carbocycles. The maximum atomic E-state index is 12.2. The minimum absolute atomic E-state index is 0.0298. The van der Waals surface area contributed by atoms with Crippen LogP contribution in [-0.2, 0) is 4.79 Å². The van der Waals surface area contributed by atoms with Crippen LogP contribution in [0.1, 0.15) is 45.4 Å². The van der Waals surface area contributed by atoms with E-state index in [1.165, 1.54) is 19.3 Å². The van der Waals surface area contributed by atoms with Crippen LogP contribution in [0.15, 0.2) is 0 Å². The molecule has 2 heterocycles. The number of carbonyl (C=O) groups excluding carboxylic acids is 2. The van der Waals surface area contributed by atoms with Crippen LogP contribution in [0.2, 0.25) is 0 Å². The molecule has 1 atom stereocenters. The van der Waals surface area contributed by atoms with Crippen LogP contribution in [-0.4, -0.2) is 60.5 Å². The molecule has 0 spiro atoms. The summed E-state index contributed by atoms with van der Waals surface area (Å²) in [6.45, 7) is 6.52. The van der Waals surface area contributed by atoms with Crippen molar-refractivity contribution in [2.24, 2.45) is 11.7 Å². The van der Waals surface area contributed by atoms with Gasteiger partial charge in [0.1, 0.15) is 0 Å². The van der Waals surface area contributed by atoms with Crippen molar-refractivity contribution in [3.63, 3.8) is 0 Å². The summed E-state index contributed by atoms with van der Waals surface area (Å²) in [7, 11) is 0. The smallest absolute Gasteiger partial charge is 0.317 e. The molecule has 2 aliphatic rings. The van der Waals surface area contributed by atoms with Crippen molar-refractivity contribution in [2.75, 3.05) is 32.7 Å². The molecule has 1 unspecified atom stereocenters. The van der Waals surface area contributed by atoms with Gasteiger partial charge in [-0.05, 0) is 45.1 Å². The first kappa shape index (κ1) is 17.1. The number of hydrogen-bond donors (Lipinski definition) is 2. The Bertz CT molecular complexity index is 380. The number of nitrogens with zero attached hydrogens (tertiary/aromatic N) is 2. The van der Waals surface area contributed by atoms with Gasteiger partial charge < -0.3 is 16.0 Å². The summed E-state index contributed by atoms with van der Waals surface area (Å²) in [6, 6.07) is 0.664. The van der Waals surface area contributed by atoms with E-state index in [2.05, 4.69) is 17.1 Å². The Morgan fingerprint density at radius 2 is 1.86 bits per heavy atom. The largest absolute Gasteiger partial charge is 0.370 e. The van der Waals surface area contributed by atoms with Gasteiger partial charge >= 0.3 is 6.03 Å². The number of hydrogen-bond acceptors (Lipinski definition) is 3. The third-order valence-electron chi connectivity index (χ3n) is 5.01. The standard InChI is InChI=1S/C16H30N4O2/c1-13-4-2-3-8-19(13)11-7-18-16(22)20-9-5-14(6-10-20)12-15(17)21/h13-14H,2-12H2,1H3,(H2,17,21)(H,18,22). The second kappa shape index (κ2) is 8.36. The molecule has 0 aromatic heterocycles. The van der Waals surface area contributed by atoms with Crippen LogP contribution in [0.25, 0.3) is 0 Å². The summed E-state index contributed by atoms with van der Waals surface area (Å²) in [5.41, 5.74) is 5.23. The topological polar surface area (TPSA) is 78.7 Å². The highest BCUT2D eigenvalue weighted by Crippen LogP contribution is 2.20. The minimum atomic E-state index is -0.237. The first-order chi connectivity index (χ1) is 10.6. The van der Waals surface area contributed by atoms with Gasteiger partial charge in [0, 0.05) is 38.6 Å². The number of primary amides is 1. The molecule has 3 amide bonds. The first-order valence-electron chi connectivity index (χ1n) is 8.61. The van der Waals surface area contributed by atoms with E-state index in [0.717, 1.165) is 39.0 Å². The molecule has 2 saturated heterocycles. The van der Waals surface area contributed by atoms with Crippen LogP contribution < -0.4 is 11.1 Å². The Hall–Kier alpha value is -1.30. The number of nitrogens with one attached hydrogen (secondary N) is 1. The van der Waals surface area contributed by atoms with E-state index in [1.807, 2.05) is 4.90 Å². The van der Waals surface area contributed by atoms with Crippen molar-refractivity contribution in [3.05, 3.63) is 0 Å². The Morgan fingerprint density at radius 3 is 2.50 bits per heavy atom. The van der Waals surface area contributed by atoms with Gasteiger partial charge in [-0.3, -0.25) is 9.69 Å². The van der Waals surface area contributed by atoms with Gasteiger partial charge in [0.05, 0.1) is 0 Å². The molecular formula is C16H30N4O2. The predicted molar refractivity (Wildman–Crippen MR) is 86.4 cm³/mol. The lowest BCUT2D eigenvalue weighted by molar-refractivity contribution is -0.119. The molecule has 2 fully saturated rings. The number of amides is 3. The van der Waals surface area contributed by atoms with E-state index in [0.29, 0.717) is 24.9 Å². The SMILES string of the molecule is CC1CCCCN1CCNC(=O)N1CCC(CC(N)=O)CC1. The Labute approximate surface area is 133 Å². The second-order valence-electron chi connectivity index (χ2n) is 6.71. The third-order valence-corrected chi connectivity index (χ3v) is 5.01. The van der Waals surface area contributed by atoms with E-state index in [9.17, 15) is 9.59 Å². The second-order valence-corrected chi connectivity index (χ2v) is 6.71. The van der Waals surface area contributed by atoms with Gasteiger partial charge in [0.15, 0.2) is 0 Å². The normalized spacial score (nSPS) is 24.2. The average molecular weight is 310 g/mol. The fourth-order valence-corrected chi connectivity index (χ4v) is 3.53. The molecule has 6 heteroatoms. The highest BCUT2D eigenvalue weighted by Gasteiger charge is 2.24. The Balaban J connectivity index is 1.62. The van der Waals surface area contributed by atoms with E-state index in [1.54, 1.807) is 0 Å².